The van der Waals surface area contributed by atoms with Crippen molar-refractivity contribution >= 4 is 39.1 Å². The van der Waals surface area contributed by atoms with E-state index < -0.39 is 0 Å². The van der Waals surface area contributed by atoms with Gasteiger partial charge in [0.1, 0.15) is 11.3 Å². The predicted molar refractivity (Wildman–Crippen MR) is 80.8 cm³/mol. The molecule has 108 valence electrons. The number of aromatic nitrogens is 1. The van der Waals surface area contributed by atoms with Gasteiger partial charge in [-0.3, -0.25) is 4.79 Å². The highest BCUT2D eigenvalue weighted by Crippen LogP contribution is 2.34. The number of rotatable bonds is 6. The Morgan fingerprint density at radius 2 is 2.40 bits per heavy atom. The minimum atomic E-state index is -0.292. The summed E-state index contributed by atoms with van der Waals surface area (Å²) in [5.74, 6) is -0.270. The van der Waals surface area contributed by atoms with E-state index >= 15 is 0 Å². The third-order valence-corrected chi connectivity index (χ3v) is 4.19. The number of methoxy groups -OCH3 is 1. The van der Waals surface area contributed by atoms with E-state index in [0.29, 0.717) is 18.8 Å². The molecule has 2 rings (SSSR count). The number of anilines is 1. The van der Waals surface area contributed by atoms with Crippen LogP contribution in [-0.2, 0) is 4.74 Å². The molecule has 2 aromatic rings. The van der Waals surface area contributed by atoms with Crippen molar-refractivity contribution in [3.8, 4) is 10.6 Å². The second-order valence-corrected chi connectivity index (χ2v) is 6.44. The van der Waals surface area contributed by atoms with E-state index in [9.17, 15) is 4.79 Å². The van der Waals surface area contributed by atoms with Gasteiger partial charge in [-0.25, -0.2) is 0 Å². The lowest BCUT2D eigenvalue weighted by molar-refractivity contribution is 0.0950. The van der Waals surface area contributed by atoms with Gasteiger partial charge in [-0.2, -0.15) is 0 Å². The Kier molecular flexibility index (Phi) is 5.16. The number of carbonyl (C=O) groups excluding carboxylic acids is 1. The molecule has 0 aromatic carbocycles. The van der Waals surface area contributed by atoms with Crippen LogP contribution in [0.25, 0.3) is 10.6 Å². The first-order valence-electron chi connectivity index (χ1n) is 5.91. The molecule has 0 aliphatic carbocycles. The lowest BCUT2D eigenvalue weighted by atomic mass is 10.2. The van der Waals surface area contributed by atoms with Gasteiger partial charge in [0.05, 0.1) is 8.66 Å². The number of halogens is 1. The van der Waals surface area contributed by atoms with E-state index in [4.69, 9.17) is 15.0 Å². The number of nitrogens with one attached hydrogen (secondary N) is 1. The van der Waals surface area contributed by atoms with Crippen molar-refractivity contribution in [1.29, 1.82) is 0 Å². The van der Waals surface area contributed by atoms with Crippen LogP contribution in [0.3, 0.4) is 0 Å². The summed E-state index contributed by atoms with van der Waals surface area (Å²) < 4.78 is 10.8. The molecule has 8 heteroatoms. The fourth-order valence-corrected chi connectivity index (χ4v) is 3.01. The Hall–Kier alpha value is -1.38. The van der Waals surface area contributed by atoms with Gasteiger partial charge >= 0.3 is 0 Å². The first kappa shape index (κ1) is 15.0. The molecule has 0 aliphatic heterocycles. The molecule has 3 N–H and O–H groups in total. The molecule has 0 fully saturated rings. The van der Waals surface area contributed by atoms with Crippen LogP contribution in [-0.4, -0.2) is 31.3 Å². The smallest absolute Gasteiger partial charge is 0.259 e. The molecule has 0 unspecified atom stereocenters. The third-order valence-electron chi connectivity index (χ3n) is 2.56. The van der Waals surface area contributed by atoms with Crippen molar-refractivity contribution < 1.29 is 14.1 Å². The highest BCUT2D eigenvalue weighted by atomic mass is 79.9. The van der Waals surface area contributed by atoms with Gasteiger partial charge in [-0.15, -0.1) is 11.3 Å². The monoisotopic (exact) mass is 359 g/mol. The number of carbonyl (C=O) groups is 1. The maximum absolute atomic E-state index is 12.2. The molecule has 2 heterocycles. The van der Waals surface area contributed by atoms with Crippen LogP contribution in [0.2, 0.25) is 0 Å². The SMILES string of the molecule is COCCCNC(=O)c1c(-c2ccc(Br)s2)noc1N. The summed E-state index contributed by atoms with van der Waals surface area (Å²) in [5.41, 5.74) is 6.43. The Morgan fingerprint density at radius 3 is 3.05 bits per heavy atom. The van der Waals surface area contributed by atoms with E-state index in [-0.39, 0.29) is 17.4 Å². The fraction of sp³-hybridized carbons (Fsp3) is 0.333. The van der Waals surface area contributed by atoms with E-state index in [0.717, 1.165) is 15.1 Å². The van der Waals surface area contributed by atoms with Gasteiger partial charge < -0.3 is 20.3 Å². The van der Waals surface area contributed by atoms with Crippen LogP contribution in [0.4, 0.5) is 5.88 Å². The molecule has 0 spiro atoms. The van der Waals surface area contributed by atoms with Crippen molar-refractivity contribution in [2.24, 2.45) is 0 Å². The van der Waals surface area contributed by atoms with Gasteiger partial charge in [0.15, 0.2) is 0 Å². The number of nitrogens with zero attached hydrogens (tertiary/aromatic N) is 1. The normalized spacial score (nSPS) is 10.7. The Bertz CT molecular complexity index is 597. The van der Waals surface area contributed by atoms with Gasteiger partial charge in [0, 0.05) is 20.3 Å². The zero-order valence-electron chi connectivity index (χ0n) is 10.8. The molecule has 20 heavy (non-hydrogen) atoms. The molecule has 0 atom stereocenters. The van der Waals surface area contributed by atoms with E-state index in [2.05, 4.69) is 26.4 Å². The second-order valence-electron chi connectivity index (χ2n) is 3.98. The summed E-state index contributed by atoms with van der Waals surface area (Å²) in [4.78, 5) is 13.0. The van der Waals surface area contributed by atoms with Gasteiger partial charge in [0.25, 0.3) is 5.91 Å². The molecule has 0 bridgehead atoms. The maximum atomic E-state index is 12.2. The predicted octanol–water partition coefficient (Wildman–Crippen LogP) is 2.51. The van der Waals surface area contributed by atoms with Crippen LogP contribution in [0.15, 0.2) is 20.4 Å². The van der Waals surface area contributed by atoms with Crippen molar-refractivity contribution in [3.63, 3.8) is 0 Å². The van der Waals surface area contributed by atoms with Crippen LogP contribution in [0.1, 0.15) is 16.8 Å². The number of nitrogens with two attached hydrogens (primary N) is 1. The number of nitrogen functional groups attached to an aromatic ring is 1. The van der Waals surface area contributed by atoms with E-state index in [1.165, 1.54) is 11.3 Å². The summed E-state index contributed by atoms with van der Waals surface area (Å²) in [5, 5.41) is 6.64. The fourth-order valence-electron chi connectivity index (χ4n) is 1.64. The van der Waals surface area contributed by atoms with Crippen LogP contribution in [0.5, 0.6) is 0 Å². The van der Waals surface area contributed by atoms with Crippen molar-refractivity contribution in [1.82, 2.24) is 10.5 Å². The van der Waals surface area contributed by atoms with Crippen molar-refractivity contribution in [3.05, 3.63) is 21.5 Å². The van der Waals surface area contributed by atoms with Crippen LogP contribution in [0, 0.1) is 0 Å². The molecule has 1 amide bonds. The van der Waals surface area contributed by atoms with Crippen LogP contribution < -0.4 is 11.1 Å². The zero-order valence-corrected chi connectivity index (χ0v) is 13.2. The molecular weight excluding hydrogens is 346 g/mol. The minimum Gasteiger partial charge on any atom is -0.385 e. The van der Waals surface area contributed by atoms with Gasteiger partial charge in [-0.1, -0.05) is 5.16 Å². The second kappa shape index (κ2) is 6.87. The highest BCUT2D eigenvalue weighted by molar-refractivity contribution is 9.11. The largest absolute Gasteiger partial charge is 0.385 e. The maximum Gasteiger partial charge on any atom is 0.259 e. The lowest BCUT2D eigenvalue weighted by Crippen LogP contribution is -2.26. The summed E-state index contributed by atoms with van der Waals surface area (Å²) in [6, 6.07) is 3.74. The van der Waals surface area contributed by atoms with Gasteiger partial charge in [-0.05, 0) is 34.5 Å². The number of hydrogen-bond donors (Lipinski definition) is 2. The average molecular weight is 360 g/mol. The lowest BCUT2D eigenvalue weighted by Gasteiger charge is -2.04. The molecule has 0 radical (unpaired) electrons. The summed E-state index contributed by atoms with van der Waals surface area (Å²) in [7, 11) is 1.62. The number of thiophene rings is 1. The quantitative estimate of drug-likeness (QED) is 0.773. The molecule has 2 aromatic heterocycles. The molecule has 0 aliphatic rings. The first-order chi connectivity index (χ1) is 9.63. The summed E-state index contributed by atoms with van der Waals surface area (Å²) >= 11 is 4.83. The Labute approximate surface area is 128 Å². The number of hydrogen-bond acceptors (Lipinski definition) is 6. The molecular formula is C12H14BrN3O3S. The number of amides is 1. The average Bonchev–Trinajstić information content (AvgIpc) is 3.00. The molecule has 6 nitrogen and oxygen atoms in total. The Morgan fingerprint density at radius 1 is 1.60 bits per heavy atom. The molecule has 0 saturated heterocycles. The van der Waals surface area contributed by atoms with E-state index in [1.807, 2.05) is 12.1 Å². The van der Waals surface area contributed by atoms with Crippen molar-refractivity contribution in [2.45, 2.75) is 6.42 Å². The molecule has 0 saturated carbocycles. The van der Waals surface area contributed by atoms with Gasteiger partial charge in [0.2, 0.25) is 5.88 Å². The van der Waals surface area contributed by atoms with Crippen molar-refractivity contribution in [2.75, 3.05) is 26.0 Å². The Balaban J connectivity index is 2.15. The topological polar surface area (TPSA) is 90.4 Å². The summed E-state index contributed by atoms with van der Waals surface area (Å²) in [6.45, 7) is 1.09. The zero-order chi connectivity index (χ0) is 14.5. The number of ether oxygens (including phenoxy) is 1. The van der Waals surface area contributed by atoms with E-state index in [1.54, 1.807) is 7.11 Å². The highest BCUT2D eigenvalue weighted by Gasteiger charge is 2.23. The first-order valence-corrected chi connectivity index (χ1v) is 7.52. The summed E-state index contributed by atoms with van der Waals surface area (Å²) in [6.07, 6.45) is 0.729. The standard InChI is InChI=1S/C12H14BrN3O3S/c1-18-6-2-5-15-12(17)9-10(16-19-11(9)14)7-3-4-8(13)20-7/h3-4H,2,5-6,14H2,1H3,(H,15,17). The minimum absolute atomic E-state index is 0.0220. The third kappa shape index (κ3) is 3.38. The van der Waals surface area contributed by atoms with Crippen LogP contribution >= 0.6 is 27.3 Å².